The first-order valence-corrected chi connectivity index (χ1v) is 12.5. The molecule has 2 N–H and O–H groups in total. The molecule has 0 saturated heterocycles. The van der Waals surface area contributed by atoms with Gasteiger partial charge in [0.25, 0.3) is 0 Å². The van der Waals surface area contributed by atoms with E-state index in [4.69, 9.17) is 4.74 Å². The van der Waals surface area contributed by atoms with E-state index < -0.39 is 12.0 Å². The summed E-state index contributed by atoms with van der Waals surface area (Å²) in [6.45, 7) is 4.45. The zero-order chi connectivity index (χ0) is 24.8. The third kappa shape index (κ3) is 5.39. The summed E-state index contributed by atoms with van der Waals surface area (Å²) >= 11 is 0. The van der Waals surface area contributed by atoms with Crippen LogP contribution in [-0.4, -0.2) is 36.0 Å². The lowest BCUT2D eigenvalue weighted by molar-refractivity contribution is -0.139. The fourth-order valence-electron chi connectivity index (χ4n) is 4.87. The van der Waals surface area contributed by atoms with E-state index in [1.165, 1.54) is 0 Å². The number of ether oxygens (including phenoxy) is 1. The maximum atomic E-state index is 13.3. The maximum Gasteiger partial charge on any atom is 0.338 e. The second-order valence-electron chi connectivity index (χ2n) is 8.98. The van der Waals surface area contributed by atoms with Gasteiger partial charge in [0.15, 0.2) is 0 Å². The van der Waals surface area contributed by atoms with E-state index in [1.807, 2.05) is 61.5 Å². The lowest BCUT2D eigenvalue weighted by Crippen LogP contribution is -2.48. The van der Waals surface area contributed by atoms with Gasteiger partial charge in [-0.2, -0.15) is 0 Å². The number of nitrogens with zero attached hydrogens (tertiary/aromatic N) is 1. The number of amides is 3. The van der Waals surface area contributed by atoms with Crippen molar-refractivity contribution < 1.29 is 19.1 Å². The number of carbonyl (C=O) groups excluding carboxylic acids is 3. The fraction of sp³-hybridized carbons (Fsp3) is 0.393. The van der Waals surface area contributed by atoms with E-state index in [1.54, 1.807) is 11.8 Å². The summed E-state index contributed by atoms with van der Waals surface area (Å²) in [7, 11) is 0. The molecular weight excluding hydrogens is 442 g/mol. The van der Waals surface area contributed by atoms with Gasteiger partial charge in [0.2, 0.25) is 5.91 Å². The Hall–Kier alpha value is -3.61. The molecule has 184 valence electrons. The number of rotatable bonds is 8. The Morgan fingerprint density at radius 3 is 2.34 bits per heavy atom. The van der Waals surface area contributed by atoms with Gasteiger partial charge in [-0.3, -0.25) is 9.69 Å². The summed E-state index contributed by atoms with van der Waals surface area (Å²) in [6, 6.07) is 15.8. The van der Waals surface area contributed by atoms with Gasteiger partial charge < -0.3 is 15.4 Å². The van der Waals surface area contributed by atoms with Crippen molar-refractivity contribution in [2.75, 3.05) is 18.5 Å². The Morgan fingerprint density at radius 1 is 1.03 bits per heavy atom. The second kappa shape index (κ2) is 11.2. The van der Waals surface area contributed by atoms with Crippen molar-refractivity contribution in [3.8, 4) is 0 Å². The van der Waals surface area contributed by atoms with Crippen LogP contribution in [0.2, 0.25) is 0 Å². The quantitative estimate of drug-likeness (QED) is 0.510. The average molecular weight is 476 g/mol. The molecule has 2 aliphatic rings. The molecule has 4 rings (SSSR count). The summed E-state index contributed by atoms with van der Waals surface area (Å²) in [6.07, 6.45) is 4.80. The minimum atomic E-state index is -0.676. The molecule has 1 aliphatic heterocycles. The monoisotopic (exact) mass is 475 g/mol. The Balaban J connectivity index is 1.72. The highest BCUT2D eigenvalue weighted by atomic mass is 16.5. The van der Waals surface area contributed by atoms with Gasteiger partial charge in [0, 0.05) is 18.2 Å². The summed E-state index contributed by atoms with van der Waals surface area (Å²) in [4.78, 5) is 40.6. The van der Waals surface area contributed by atoms with Crippen molar-refractivity contribution >= 4 is 29.3 Å². The number of benzene rings is 2. The lowest BCUT2D eigenvalue weighted by atomic mass is 9.91. The molecule has 1 fully saturated rings. The molecule has 1 saturated carbocycles. The van der Waals surface area contributed by atoms with E-state index in [0.717, 1.165) is 43.2 Å². The fourth-order valence-corrected chi connectivity index (χ4v) is 4.87. The van der Waals surface area contributed by atoms with E-state index in [-0.39, 0.29) is 24.5 Å². The molecule has 2 aromatic carbocycles. The molecule has 0 unspecified atom stereocenters. The average Bonchev–Trinajstić information content (AvgIpc) is 3.41. The van der Waals surface area contributed by atoms with Crippen molar-refractivity contribution in [1.29, 1.82) is 0 Å². The molecule has 0 spiro atoms. The first-order chi connectivity index (χ1) is 17.0. The predicted molar refractivity (Wildman–Crippen MR) is 135 cm³/mol. The van der Waals surface area contributed by atoms with Crippen molar-refractivity contribution in [2.45, 2.75) is 52.0 Å². The van der Waals surface area contributed by atoms with Gasteiger partial charge in [-0.05, 0) is 49.4 Å². The Morgan fingerprint density at radius 2 is 1.71 bits per heavy atom. The van der Waals surface area contributed by atoms with Crippen molar-refractivity contribution in [2.24, 2.45) is 5.92 Å². The van der Waals surface area contributed by atoms with Crippen LogP contribution in [0.4, 0.5) is 10.5 Å². The van der Waals surface area contributed by atoms with Gasteiger partial charge in [-0.1, -0.05) is 62.2 Å². The van der Waals surface area contributed by atoms with Gasteiger partial charge in [-0.15, -0.1) is 0 Å². The van der Waals surface area contributed by atoms with Crippen LogP contribution in [-0.2, 0) is 14.3 Å². The first-order valence-electron chi connectivity index (χ1n) is 12.5. The molecule has 1 aliphatic carbocycles. The summed E-state index contributed by atoms with van der Waals surface area (Å²) < 4.78 is 5.45. The standard InChI is InChI=1S/C28H33N3O4/c1-3-18-31-25(20-10-6-5-7-11-20)23(27(33)35-4-2)24(30-28(31)34)19-14-16-22(17-15-19)29-26(32)21-12-8-9-13-21/h5-7,10-11,14-17,21,24H,3-4,8-9,12-13,18H2,1-2H3,(H,29,32)(H,30,34)/t24-/m0/s1. The van der Waals surface area contributed by atoms with Crippen LogP contribution in [0.5, 0.6) is 0 Å². The van der Waals surface area contributed by atoms with Crippen molar-refractivity contribution in [3.05, 3.63) is 71.3 Å². The predicted octanol–water partition coefficient (Wildman–Crippen LogP) is 5.27. The van der Waals surface area contributed by atoms with Crippen LogP contribution < -0.4 is 10.6 Å². The highest BCUT2D eigenvalue weighted by Crippen LogP contribution is 2.37. The highest BCUT2D eigenvalue weighted by molar-refractivity contribution is 6.04. The molecule has 1 heterocycles. The zero-order valence-corrected chi connectivity index (χ0v) is 20.4. The SMILES string of the molecule is CCCN1C(=O)N[C@@H](c2ccc(NC(=O)C3CCCC3)cc2)C(C(=O)OCC)=C1c1ccccc1. The van der Waals surface area contributed by atoms with Crippen LogP contribution in [0, 0.1) is 5.92 Å². The first kappa shape index (κ1) is 24.5. The maximum absolute atomic E-state index is 13.3. The Bertz CT molecular complexity index is 1090. The third-order valence-electron chi connectivity index (χ3n) is 6.55. The van der Waals surface area contributed by atoms with E-state index in [0.29, 0.717) is 23.5 Å². The molecule has 35 heavy (non-hydrogen) atoms. The second-order valence-corrected chi connectivity index (χ2v) is 8.98. The van der Waals surface area contributed by atoms with Crippen molar-refractivity contribution in [1.82, 2.24) is 10.2 Å². The third-order valence-corrected chi connectivity index (χ3v) is 6.55. The Labute approximate surface area is 206 Å². The molecule has 0 aromatic heterocycles. The topological polar surface area (TPSA) is 87.7 Å². The van der Waals surface area contributed by atoms with E-state index in [9.17, 15) is 14.4 Å². The number of hydrogen-bond donors (Lipinski definition) is 2. The molecule has 1 atom stereocenters. The van der Waals surface area contributed by atoms with Crippen LogP contribution in [0.1, 0.15) is 63.1 Å². The molecule has 0 bridgehead atoms. The van der Waals surface area contributed by atoms with Crippen molar-refractivity contribution in [3.63, 3.8) is 0 Å². The Kier molecular flexibility index (Phi) is 7.85. The van der Waals surface area contributed by atoms with Crippen LogP contribution >= 0.6 is 0 Å². The van der Waals surface area contributed by atoms with Gasteiger partial charge in [0.05, 0.1) is 23.9 Å². The molecule has 7 heteroatoms. The van der Waals surface area contributed by atoms with Crippen LogP contribution in [0.25, 0.3) is 5.70 Å². The van der Waals surface area contributed by atoms with E-state index in [2.05, 4.69) is 10.6 Å². The van der Waals surface area contributed by atoms with Crippen LogP contribution in [0.3, 0.4) is 0 Å². The molecule has 7 nitrogen and oxygen atoms in total. The molecular formula is C28H33N3O4. The lowest BCUT2D eigenvalue weighted by Gasteiger charge is -2.36. The molecule has 2 aromatic rings. The molecule has 3 amide bonds. The minimum absolute atomic E-state index is 0.0508. The summed E-state index contributed by atoms with van der Waals surface area (Å²) in [5.74, 6) is -0.338. The largest absolute Gasteiger partial charge is 0.463 e. The number of anilines is 1. The summed E-state index contributed by atoms with van der Waals surface area (Å²) in [5.41, 5.74) is 3.19. The van der Waals surface area contributed by atoms with Gasteiger partial charge >= 0.3 is 12.0 Å². The summed E-state index contributed by atoms with van der Waals surface area (Å²) in [5, 5.41) is 6.00. The number of esters is 1. The number of nitrogens with one attached hydrogen (secondary N) is 2. The zero-order valence-electron chi connectivity index (χ0n) is 20.4. The smallest absolute Gasteiger partial charge is 0.338 e. The van der Waals surface area contributed by atoms with Crippen LogP contribution in [0.15, 0.2) is 60.2 Å². The van der Waals surface area contributed by atoms with Gasteiger partial charge in [0.1, 0.15) is 0 Å². The minimum Gasteiger partial charge on any atom is -0.463 e. The highest BCUT2D eigenvalue weighted by Gasteiger charge is 2.38. The molecule has 0 radical (unpaired) electrons. The number of urea groups is 1. The normalized spacial score (nSPS) is 18.4. The number of hydrogen-bond acceptors (Lipinski definition) is 4. The van der Waals surface area contributed by atoms with Gasteiger partial charge in [-0.25, -0.2) is 9.59 Å². The number of carbonyl (C=O) groups is 3. The van der Waals surface area contributed by atoms with E-state index >= 15 is 0 Å².